The zero-order chi connectivity index (χ0) is 19.7. The van der Waals surface area contributed by atoms with Gasteiger partial charge in [0.15, 0.2) is 0 Å². The summed E-state index contributed by atoms with van der Waals surface area (Å²) in [7, 11) is 0. The summed E-state index contributed by atoms with van der Waals surface area (Å²) in [5.74, 6) is 0.0623. The number of esters is 1. The molecule has 0 fully saturated rings. The SMILES string of the molecule is CCOC(=O)CC(c1ccccc1)c1ccc(OCCCC(F)(F)F)cc1. The molecule has 2 aromatic carbocycles. The molecule has 2 rings (SSSR count). The number of alkyl halides is 3. The zero-order valence-electron chi connectivity index (χ0n) is 15.2. The second-order valence-corrected chi connectivity index (χ2v) is 6.11. The fourth-order valence-corrected chi connectivity index (χ4v) is 2.76. The minimum Gasteiger partial charge on any atom is -0.494 e. The van der Waals surface area contributed by atoms with Crippen molar-refractivity contribution in [3.63, 3.8) is 0 Å². The lowest BCUT2D eigenvalue weighted by molar-refractivity contribution is -0.143. The monoisotopic (exact) mass is 380 g/mol. The van der Waals surface area contributed by atoms with E-state index in [0.29, 0.717) is 12.4 Å². The Bertz CT molecular complexity index is 697. The van der Waals surface area contributed by atoms with Gasteiger partial charge in [0, 0.05) is 12.3 Å². The van der Waals surface area contributed by atoms with E-state index in [9.17, 15) is 18.0 Å². The van der Waals surface area contributed by atoms with Crippen molar-refractivity contribution >= 4 is 5.97 Å². The van der Waals surface area contributed by atoms with Crippen LogP contribution in [-0.2, 0) is 9.53 Å². The molecule has 1 unspecified atom stereocenters. The minimum absolute atomic E-state index is 0.00377. The van der Waals surface area contributed by atoms with Gasteiger partial charge in [-0.1, -0.05) is 42.5 Å². The maximum Gasteiger partial charge on any atom is 0.389 e. The van der Waals surface area contributed by atoms with Crippen molar-refractivity contribution in [3.05, 3.63) is 65.7 Å². The number of carbonyl (C=O) groups is 1. The van der Waals surface area contributed by atoms with Gasteiger partial charge < -0.3 is 9.47 Å². The molecule has 27 heavy (non-hydrogen) atoms. The maximum absolute atomic E-state index is 12.2. The topological polar surface area (TPSA) is 35.5 Å². The summed E-state index contributed by atoms with van der Waals surface area (Å²) < 4.78 is 46.9. The Labute approximate surface area is 157 Å². The van der Waals surface area contributed by atoms with Gasteiger partial charge in [-0.2, -0.15) is 13.2 Å². The molecule has 6 heteroatoms. The second-order valence-electron chi connectivity index (χ2n) is 6.11. The highest BCUT2D eigenvalue weighted by molar-refractivity contribution is 5.71. The van der Waals surface area contributed by atoms with Crippen molar-refractivity contribution in [1.82, 2.24) is 0 Å². The molecule has 0 saturated carbocycles. The molecule has 3 nitrogen and oxygen atoms in total. The molecule has 0 aliphatic rings. The fourth-order valence-electron chi connectivity index (χ4n) is 2.76. The van der Waals surface area contributed by atoms with Crippen LogP contribution in [0, 0.1) is 0 Å². The van der Waals surface area contributed by atoms with E-state index in [-0.39, 0.29) is 31.3 Å². The predicted octanol–water partition coefficient (Wildman–Crippen LogP) is 5.49. The first-order chi connectivity index (χ1) is 12.9. The van der Waals surface area contributed by atoms with Crippen molar-refractivity contribution in [2.45, 2.75) is 38.3 Å². The van der Waals surface area contributed by atoms with Gasteiger partial charge in [0.1, 0.15) is 5.75 Å². The standard InChI is InChI=1S/C21H23F3O3/c1-2-26-20(25)15-19(16-7-4-3-5-8-16)17-9-11-18(12-10-17)27-14-6-13-21(22,23)24/h3-5,7-12,19H,2,6,13-15H2,1H3. The summed E-state index contributed by atoms with van der Waals surface area (Å²) in [4.78, 5) is 12.0. The van der Waals surface area contributed by atoms with Crippen LogP contribution in [0.1, 0.15) is 43.2 Å². The van der Waals surface area contributed by atoms with Gasteiger partial charge >= 0.3 is 12.1 Å². The van der Waals surface area contributed by atoms with E-state index >= 15 is 0 Å². The van der Waals surface area contributed by atoms with E-state index in [1.807, 2.05) is 42.5 Å². The van der Waals surface area contributed by atoms with Crippen LogP contribution in [-0.4, -0.2) is 25.4 Å². The highest BCUT2D eigenvalue weighted by Crippen LogP contribution is 2.30. The molecule has 146 valence electrons. The van der Waals surface area contributed by atoms with E-state index in [0.717, 1.165) is 11.1 Å². The van der Waals surface area contributed by atoms with Crippen LogP contribution in [0.25, 0.3) is 0 Å². The van der Waals surface area contributed by atoms with Gasteiger partial charge in [0.05, 0.1) is 19.6 Å². The molecule has 0 heterocycles. The number of halogens is 3. The van der Waals surface area contributed by atoms with Crippen molar-refractivity contribution in [1.29, 1.82) is 0 Å². The Kier molecular flexibility index (Phi) is 7.70. The van der Waals surface area contributed by atoms with Crippen LogP contribution in [0.3, 0.4) is 0 Å². The zero-order valence-corrected chi connectivity index (χ0v) is 15.2. The molecule has 0 bridgehead atoms. The highest BCUT2D eigenvalue weighted by atomic mass is 19.4. The first-order valence-corrected chi connectivity index (χ1v) is 8.89. The van der Waals surface area contributed by atoms with E-state index in [4.69, 9.17) is 9.47 Å². The van der Waals surface area contributed by atoms with Gasteiger partial charge in [0.2, 0.25) is 0 Å². The van der Waals surface area contributed by atoms with Crippen LogP contribution in [0.2, 0.25) is 0 Å². The van der Waals surface area contributed by atoms with E-state index in [1.165, 1.54) is 0 Å². The summed E-state index contributed by atoms with van der Waals surface area (Å²) in [5, 5.41) is 0. The summed E-state index contributed by atoms with van der Waals surface area (Å²) in [6.07, 6.45) is -4.89. The summed E-state index contributed by atoms with van der Waals surface area (Å²) in [6.45, 7) is 2.09. The predicted molar refractivity (Wildman–Crippen MR) is 96.8 cm³/mol. The Balaban J connectivity index is 2.04. The smallest absolute Gasteiger partial charge is 0.389 e. The number of hydrogen-bond donors (Lipinski definition) is 0. The maximum atomic E-state index is 12.2. The molecule has 0 radical (unpaired) electrons. The first kappa shape index (κ1) is 20.8. The highest BCUT2D eigenvalue weighted by Gasteiger charge is 2.26. The first-order valence-electron chi connectivity index (χ1n) is 8.89. The Morgan fingerprint density at radius 3 is 2.22 bits per heavy atom. The van der Waals surface area contributed by atoms with Crippen LogP contribution in [0.5, 0.6) is 5.75 Å². The molecule has 0 amide bonds. The van der Waals surface area contributed by atoms with Crippen molar-refractivity contribution in [2.75, 3.05) is 13.2 Å². The average molecular weight is 380 g/mol. The molecule has 1 atom stereocenters. The summed E-state index contributed by atoms with van der Waals surface area (Å²) in [6, 6.07) is 16.7. The van der Waals surface area contributed by atoms with Gasteiger partial charge in [0.25, 0.3) is 0 Å². The van der Waals surface area contributed by atoms with Crippen molar-refractivity contribution in [3.8, 4) is 5.75 Å². The van der Waals surface area contributed by atoms with Gasteiger partial charge in [-0.25, -0.2) is 0 Å². The van der Waals surface area contributed by atoms with Crippen LogP contribution in [0.15, 0.2) is 54.6 Å². The molecule has 0 saturated heterocycles. The third-order valence-corrected chi connectivity index (χ3v) is 4.03. The molecule has 0 aliphatic heterocycles. The molecule has 0 N–H and O–H groups in total. The van der Waals surface area contributed by atoms with Crippen LogP contribution in [0.4, 0.5) is 13.2 Å². The number of ether oxygens (including phenoxy) is 2. The molecule has 0 spiro atoms. The quantitative estimate of drug-likeness (QED) is 0.426. The van der Waals surface area contributed by atoms with Gasteiger partial charge in [-0.05, 0) is 36.6 Å². The van der Waals surface area contributed by atoms with Crippen molar-refractivity contribution < 1.29 is 27.4 Å². The number of benzene rings is 2. The molecule has 0 aliphatic carbocycles. The second kappa shape index (κ2) is 10.00. The van der Waals surface area contributed by atoms with Gasteiger partial charge in [-0.3, -0.25) is 4.79 Å². The van der Waals surface area contributed by atoms with Crippen LogP contribution < -0.4 is 4.74 Å². The minimum atomic E-state index is -4.16. The fraction of sp³-hybridized carbons (Fsp3) is 0.381. The third-order valence-electron chi connectivity index (χ3n) is 4.03. The van der Waals surface area contributed by atoms with E-state index in [1.54, 1.807) is 19.1 Å². The Morgan fingerprint density at radius 2 is 1.63 bits per heavy atom. The molecule has 0 aromatic heterocycles. The van der Waals surface area contributed by atoms with E-state index in [2.05, 4.69) is 0 Å². The summed E-state index contributed by atoms with van der Waals surface area (Å²) >= 11 is 0. The molecular formula is C21H23F3O3. The number of carbonyl (C=O) groups excluding carboxylic acids is 1. The van der Waals surface area contributed by atoms with E-state index < -0.39 is 12.6 Å². The normalized spacial score (nSPS) is 12.4. The summed E-state index contributed by atoms with van der Waals surface area (Å²) in [5.41, 5.74) is 1.90. The Morgan fingerprint density at radius 1 is 1.00 bits per heavy atom. The largest absolute Gasteiger partial charge is 0.494 e. The van der Waals surface area contributed by atoms with Gasteiger partial charge in [-0.15, -0.1) is 0 Å². The average Bonchev–Trinajstić information content (AvgIpc) is 2.64. The third kappa shape index (κ3) is 7.33. The van der Waals surface area contributed by atoms with Crippen LogP contribution >= 0.6 is 0 Å². The lowest BCUT2D eigenvalue weighted by Crippen LogP contribution is -2.12. The molecular weight excluding hydrogens is 357 g/mol. The number of hydrogen-bond acceptors (Lipinski definition) is 3. The lowest BCUT2D eigenvalue weighted by atomic mass is 9.88. The molecule has 2 aromatic rings. The van der Waals surface area contributed by atoms with Crippen molar-refractivity contribution in [2.24, 2.45) is 0 Å². The lowest BCUT2D eigenvalue weighted by Gasteiger charge is -2.18. The Hall–Kier alpha value is -2.50. The number of rotatable bonds is 9.